The Morgan fingerprint density at radius 1 is 1.02 bits per heavy atom. The first-order chi connectivity index (χ1) is 21.3. The zero-order valence-corrected chi connectivity index (χ0v) is 29.4. The molecule has 0 spiro atoms. The topological polar surface area (TPSA) is 109 Å². The molecule has 0 aromatic heterocycles. The summed E-state index contributed by atoms with van der Waals surface area (Å²) in [6, 6.07) is 0. The van der Waals surface area contributed by atoms with E-state index in [0.29, 0.717) is 25.7 Å². The second-order valence-corrected chi connectivity index (χ2v) is 18.1. The lowest BCUT2D eigenvalue weighted by Gasteiger charge is -2.63. The van der Waals surface area contributed by atoms with Crippen molar-refractivity contribution in [2.24, 2.45) is 68.0 Å². The first kappa shape index (κ1) is 33.4. The third kappa shape index (κ3) is 3.65. The van der Waals surface area contributed by atoms with Gasteiger partial charge in [0, 0.05) is 11.5 Å². The third-order valence-electron chi connectivity index (χ3n) is 15.6. The summed E-state index contributed by atoms with van der Waals surface area (Å²) in [4.78, 5) is 57.1. The van der Waals surface area contributed by atoms with E-state index in [4.69, 9.17) is 0 Å². The van der Waals surface area contributed by atoms with E-state index in [9.17, 15) is 19.8 Å². The van der Waals surface area contributed by atoms with Crippen LogP contribution in [-0.4, -0.2) is 34.0 Å². The zero-order valence-electron chi connectivity index (χ0n) is 29.4. The standard InChI is InChI=1S/C40H56O6/c1-22(2)29-30(42)33(44)40-26(20-25-23(3)12-13-28-36(25,7)16-11-17-37(28,8)34(45)46)24(4)14-19-39(40,32(29)43)27(21-41)31-35(5,6)15-10-18-38(31,40)9/h14,21-22,25-28,31,42H,3,10-13,15-20H2,1-2,4-9H3,(H,45,46)/t25-,26?,27+,28+,31-,36+,37+,38-,39?,40?/m0/s1. The van der Waals surface area contributed by atoms with Crippen molar-refractivity contribution in [3.05, 3.63) is 35.1 Å². The van der Waals surface area contributed by atoms with Gasteiger partial charge in [-0.3, -0.25) is 14.4 Å². The van der Waals surface area contributed by atoms with E-state index < -0.39 is 45.2 Å². The van der Waals surface area contributed by atoms with E-state index >= 15 is 9.59 Å². The summed E-state index contributed by atoms with van der Waals surface area (Å²) in [7, 11) is 0. The summed E-state index contributed by atoms with van der Waals surface area (Å²) in [5.41, 5.74) is -2.41. The largest absolute Gasteiger partial charge is 0.504 e. The van der Waals surface area contributed by atoms with Crippen molar-refractivity contribution in [3.63, 3.8) is 0 Å². The smallest absolute Gasteiger partial charge is 0.309 e. The number of allylic oxidation sites excluding steroid dienone is 5. The van der Waals surface area contributed by atoms with Gasteiger partial charge in [-0.1, -0.05) is 78.2 Å². The summed E-state index contributed by atoms with van der Waals surface area (Å²) < 4.78 is 0. The summed E-state index contributed by atoms with van der Waals surface area (Å²) >= 11 is 0. The molecule has 252 valence electrons. The second-order valence-electron chi connectivity index (χ2n) is 18.1. The summed E-state index contributed by atoms with van der Waals surface area (Å²) in [5.74, 6) is -3.40. The highest BCUT2D eigenvalue weighted by atomic mass is 16.4. The van der Waals surface area contributed by atoms with Gasteiger partial charge in [-0.15, -0.1) is 0 Å². The Bertz CT molecular complexity index is 1480. The number of fused-ring (bicyclic) bond motifs is 2. The number of carboxylic acids is 1. The van der Waals surface area contributed by atoms with Crippen molar-refractivity contribution in [1.82, 2.24) is 0 Å². The molecule has 10 atom stereocenters. The van der Waals surface area contributed by atoms with Gasteiger partial charge in [-0.05, 0) is 111 Å². The molecule has 2 N–H and O–H groups in total. The molecule has 0 aromatic rings. The normalized spacial score (nSPS) is 46.7. The number of carbonyl (C=O) groups excluding carboxylic acids is 3. The van der Waals surface area contributed by atoms with Gasteiger partial charge in [0.1, 0.15) is 6.29 Å². The van der Waals surface area contributed by atoms with E-state index in [-0.39, 0.29) is 51.6 Å². The highest BCUT2D eigenvalue weighted by Gasteiger charge is 2.85. The molecule has 6 aliphatic rings. The lowest BCUT2D eigenvalue weighted by Crippen LogP contribution is -2.66. The fraction of sp³-hybridized carbons (Fsp3) is 0.750. The van der Waals surface area contributed by atoms with Crippen molar-refractivity contribution in [1.29, 1.82) is 0 Å². The maximum Gasteiger partial charge on any atom is 0.309 e. The number of carboxylic acid groups (broad SMARTS) is 1. The van der Waals surface area contributed by atoms with Crippen LogP contribution in [0.4, 0.5) is 0 Å². The number of Topliss-reactive ketones (excluding diaryl/α,β-unsaturated/α-hetero) is 2. The molecule has 6 nitrogen and oxygen atoms in total. The Morgan fingerprint density at radius 3 is 2.28 bits per heavy atom. The Labute approximate surface area is 275 Å². The van der Waals surface area contributed by atoms with Crippen LogP contribution in [0.25, 0.3) is 0 Å². The average Bonchev–Trinajstić information content (AvgIpc) is 3.18. The minimum Gasteiger partial charge on any atom is -0.504 e. The number of aliphatic hydroxyl groups excluding tert-OH is 1. The van der Waals surface area contributed by atoms with Crippen molar-refractivity contribution in [2.45, 2.75) is 120 Å². The molecule has 0 amide bonds. The maximum atomic E-state index is 15.5. The SMILES string of the molecule is C=C1CC[C@@H]2[C@](C)(CCC[C@@]2(C)C(=O)O)[C@H]1CC1C(C)=CCC23C(=O)C(C(C)C)=C(O)C(=O)C12[C@@]1(C)CCCC(C)(C)[C@@H]1[C@H]3C=O. The molecule has 3 unspecified atom stereocenters. The van der Waals surface area contributed by atoms with E-state index in [1.54, 1.807) is 0 Å². The van der Waals surface area contributed by atoms with Crippen LogP contribution in [0.5, 0.6) is 0 Å². The lowest BCUT2D eigenvalue weighted by molar-refractivity contribution is -0.175. The second kappa shape index (κ2) is 10.3. The van der Waals surface area contributed by atoms with E-state index in [2.05, 4.69) is 47.3 Å². The van der Waals surface area contributed by atoms with Crippen LogP contribution in [0.2, 0.25) is 0 Å². The predicted molar refractivity (Wildman–Crippen MR) is 178 cm³/mol. The fourth-order valence-corrected chi connectivity index (χ4v) is 13.9. The number of carbonyl (C=O) groups is 4. The molecule has 0 heterocycles. The summed E-state index contributed by atoms with van der Waals surface area (Å²) in [6.45, 7) is 21.1. The maximum absolute atomic E-state index is 15.5. The van der Waals surface area contributed by atoms with Crippen LogP contribution in [-0.2, 0) is 19.2 Å². The van der Waals surface area contributed by atoms with Gasteiger partial charge < -0.3 is 15.0 Å². The quantitative estimate of drug-likeness (QED) is 0.233. The summed E-state index contributed by atoms with van der Waals surface area (Å²) in [5, 5.41) is 22.4. The number of ketones is 2. The molecule has 4 fully saturated rings. The number of aliphatic hydroxyl groups is 1. The van der Waals surface area contributed by atoms with Crippen LogP contribution in [0.3, 0.4) is 0 Å². The number of aliphatic carboxylic acids is 1. The van der Waals surface area contributed by atoms with Crippen LogP contribution >= 0.6 is 0 Å². The average molecular weight is 633 g/mol. The minimum absolute atomic E-state index is 0.0373. The lowest BCUT2D eigenvalue weighted by atomic mass is 9.37. The van der Waals surface area contributed by atoms with E-state index in [1.807, 2.05) is 20.8 Å². The van der Waals surface area contributed by atoms with Crippen molar-refractivity contribution >= 4 is 23.8 Å². The summed E-state index contributed by atoms with van der Waals surface area (Å²) in [6.07, 6.45) is 10.4. The van der Waals surface area contributed by atoms with Gasteiger partial charge in [-0.2, -0.15) is 0 Å². The Morgan fingerprint density at radius 2 is 1.67 bits per heavy atom. The van der Waals surface area contributed by atoms with Crippen molar-refractivity contribution in [3.8, 4) is 0 Å². The molecule has 4 saturated carbocycles. The Kier molecular flexibility index (Phi) is 7.44. The van der Waals surface area contributed by atoms with Gasteiger partial charge in [0.2, 0.25) is 5.78 Å². The Hall–Kier alpha value is -2.50. The molecular formula is C40H56O6. The highest BCUT2D eigenvalue weighted by molar-refractivity contribution is 6.19. The van der Waals surface area contributed by atoms with Crippen LogP contribution in [0.1, 0.15) is 120 Å². The molecule has 0 bridgehead atoms. The molecule has 6 heteroatoms. The molecule has 46 heavy (non-hydrogen) atoms. The van der Waals surface area contributed by atoms with E-state index in [1.165, 1.54) is 0 Å². The molecule has 6 rings (SSSR count). The molecular weight excluding hydrogens is 576 g/mol. The van der Waals surface area contributed by atoms with Crippen LogP contribution in [0.15, 0.2) is 35.1 Å². The molecule has 6 aliphatic carbocycles. The van der Waals surface area contributed by atoms with Gasteiger partial charge in [0.15, 0.2) is 11.5 Å². The third-order valence-corrected chi connectivity index (χ3v) is 15.6. The van der Waals surface area contributed by atoms with Crippen LogP contribution < -0.4 is 0 Å². The van der Waals surface area contributed by atoms with Gasteiger partial charge in [-0.25, -0.2) is 0 Å². The van der Waals surface area contributed by atoms with Crippen molar-refractivity contribution < 1.29 is 29.4 Å². The molecule has 0 saturated heterocycles. The predicted octanol–water partition coefficient (Wildman–Crippen LogP) is 8.46. The number of hydrogen-bond acceptors (Lipinski definition) is 5. The fourth-order valence-electron chi connectivity index (χ4n) is 13.9. The van der Waals surface area contributed by atoms with Crippen molar-refractivity contribution in [2.75, 3.05) is 0 Å². The minimum atomic E-state index is -1.29. The number of aldehydes is 1. The monoisotopic (exact) mass is 632 g/mol. The van der Waals surface area contributed by atoms with E-state index in [0.717, 1.165) is 56.0 Å². The first-order valence-electron chi connectivity index (χ1n) is 17.9. The first-order valence-corrected chi connectivity index (χ1v) is 17.9. The molecule has 0 aliphatic heterocycles. The molecule has 0 radical (unpaired) electrons. The van der Waals surface area contributed by atoms with Gasteiger partial charge in [0.25, 0.3) is 0 Å². The number of rotatable bonds is 5. The molecule has 0 aromatic carbocycles. The Balaban J connectivity index is 1.63. The van der Waals surface area contributed by atoms with Crippen LogP contribution in [0, 0.1) is 68.0 Å². The van der Waals surface area contributed by atoms with Gasteiger partial charge in [0.05, 0.1) is 16.2 Å². The highest BCUT2D eigenvalue weighted by Crippen LogP contribution is 2.82. The number of hydrogen-bond donors (Lipinski definition) is 2. The van der Waals surface area contributed by atoms with Gasteiger partial charge >= 0.3 is 5.97 Å². The zero-order chi connectivity index (χ0) is 34.0.